The van der Waals surface area contributed by atoms with E-state index in [2.05, 4.69) is 50.3 Å². The second-order valence-corrected chi connectivity index (χ2v) is 8.50. The molecule has 0 aliphatic carbocycles. The Morgan fingerprint density at radius 2 is 1.39 bits per heavy atom. The fraction of sp³-hybridized carbons (Fsp3) is 0.467. The minimum Gasteiger partial charge on any atom is -0.255 e. The van der Waals surface area contributed by atoms with Gasteiger partial charge in [-0.1, -0.05) is 101 Å². The zero-order valence-corrected chi connectivity index (χ0v) is 21.6. The van der Waals surface area contributed by atoms with E-state index in [4.69, 9.17) is 9.98 Å². The van der Waals surface area contributed by atoms with Crippen LogP contribution < -0.4 is 0 Å². The minimum atomic E-state index is 0. The molecule has 182 valence electrons. The first kappa shape index (κ1) is 29.0. The van der Waals surface area contributed by atoms with Crippen LogP contribution in [0.25, 0.3) is 0 Å². The first-order chi connectivity index (χ1) is 15.8. The van der Waals surface area contributed by atoms with Crippen molar-refractivity contribution in [2.75, 3.05) is 0 Å². The molecule has 0 N–H and O–H groups in total. The minimum absolute atomic E-state index is 0. The van der Waals surface area contributed by atoms with Gasteiger partial charge in [-0.2, -0.15) is 0 Å². The summed E-state index contributed by atoms with van der Waals surface area (Å²) < 4.78 is 0. The Kier molecular flexibility index (Phi) is 17.1. The van der Waals surface area contributed by atoms with Crippen molar-refractivity contribution in [2.45, 2.75) is 90.9 Å². The summed E-state index contributed by atoms with van der Waals surface area (Å²) in [6.07, 6.45) is 21.4. The van der Waals surface area contributed by atoms with Crippen LogP contribution in [0.4, 0.5) is 11.4 Å². The van der Waals surface area contributed by atoms with Gasteiger partial charge in [0.1, 0.15) is 0 Å². The Balaban J connectivity index is 0.00000544. The third-order valence-electron chi connectivity index (χ3n) is 5.63. The van der Waals surface area contributed by atoms with Gasteiger partial charge in [0.05, 0.1) is 17.1 Å². The maximum Gasteiger partial charge on any atom is 0.0662 e. The number of nitrogens with zero attached hydrogens (tertiary/aromatic N) is 2. The Bertz CT molecular complexity index is 824. The van der Waals surface area contributed by atoms with Crippen molar-refractivity contribution in [1.29, 1.82) is 0 Å². The number of para-hydroxylation sites is 2. The molecule has 0 radical (unpaired) electrons. The molecule has 0 aromatic heterocycles. The van der Waals surface area contributed by atoms with Crippen LogP contribution in [-0.4, -0.2) is 11.9 Å². The van der Waals surface area contributed by atoms with Crippen molar-refractivity contribution in [1.82, 2.24) is 0 Å². The van der Waals surface area contributed by atoms with E-state index >= 15 is 0 Å². The molecule has 0 spiro atoms. The molecule has 3 heteroatoms. The van der Waals surface area contributed by atoms with Gasteiger partial charge in [-0.25, -0.2) is 0 Å². The number of aliphatic imine (C=N–C) groups is 2. The van der Waals surface area contributed by atoms with E-state index in [0.29, 0.717) is 0 Å². The van der Waals surface area contributed by atoms with E-state index in [9.17, 15) is 0 Å². The van der Waals surface area contributed by atoms with Crippen molar-refractivity contribution >= 4 is 23.3 Å². The first-order valence-corrected chi connectivity index (χ1v) is 12.7. The molecule has 2 aromatic carbocycles. The maximum absolute atomic E-state index is 4.84. The average molecular weight is 489 g/mol. The molecule has 0 heterocycles. The quantitative estimate of drug-likeness (QED) is 0.0971. The third-order valence-corrected chi connectivity index (χ3v) is 5.63. The summed E-state index contributed by atoms with van der Waals surface area (Å²) >= 11 is 0. The molecule has 0 unspecified atom stereocenters. The smallest absolute Gasteiger partial charge is 0.0662 e. The monoisotopic (exact) mass is 488 g/mol. The molecule has 2 aromatic rings. The van der Waals surface area contributed by atoms with Gasteiger partial charge in [0.25, 0.3) is 0 Å². The molecule has 2 rings (SSSR count). The number of rotatable bonds is 16. The van der Waals surface area contributed by atoms with E-state index in [-0.39, 0.29) is 16.5 Å². The van der Waals surface area contributed by atoms with Crippen molar-refractivity contribution in [3.63, 3.8) is 0 Å². The van der Waals surface area contributed by atoms with Gasteiger partial charge in [-0.3, -0.25) is 9.98 Å². The topological polar surface area (TPSA) is 24.7 Å². The largest absolute Gasteiger partial charge is 0.255 e. The fourth-order valence-electron chi connectivity index (χ4n) is 3.68. The Morgan fingerprint density at radius 3 is 2.18 bits per heavy atom. The predicted octanol–water partition coefficient (Wildman–Crippen LogP) is 9.59. The SMILES string of the molecule is CCCCCCCC/C=C/CCc1ccccc1/N=C/C(CCCC)=N/c1ccccc1.[Ni]. The van der Waals surface area contributed by atoms with Gasteiger partial charge in [-0.15, -0.1) is 0 Å². The van der Waals surface area contributed by atoms with Gasteiger partial charge < -0.3 is 0 Å². The molecule has 2 nitrogen and oxygen atoms in total. The number of aryl methyl sites for hydroxylation is 1. The number of hydrogen-bond donors (Lipinski definition) is 0. The summed E-state index contributed by atoms with van der Waals surface area (Å²) in [4.78, 5) is 9.66. The van der Waals surface area contributed by atoms with E-state index in [1.807, 2.05) is 36.5 Å². The molecule has 0 atom stereocenters. The second kappa shape index (κ2) is 19.5. The average Bonchev–Trinajstić information content (AvgIpc) is 2.83. The second-order valence-electron chi connectivity index (χ2n) is 8.50. The molecular formula is C30H42N2Ni. The van der Waals surface area contributed by atoms with E-state index in [0.717, 1.165) is 49.2 Å². The Morgan fingerprint density at radius 1 is 0.727 bits per heavy atom. The summed E-state index contributed by atoms with van der Waals surface area (Å²) in [6, 6.07) is 18.7. The molecular weight excluding hydrogens is 447 g/mol. The molecule has 0 saturated heterocycles. The maximum atomic E-state index is 4.84. The zero-order valence-electron chi connectivity index (χ0n) is 20.6. The normalized spacial score (nSPS) is 11.9. The van der Waals surface area contributed by atoms with Gasteiger partial charge in [0.2, 0.25) is 0 Å². The number of allylic oxidation sites excluding steroid dienone is 2. The van der Waals surface area contributed by atoms with Crippen LogP contribution in [0.1, 0.15) is 90.0 Å². The van der Waals surface area contributed by atoms with Crippen molar-refractivity contribution in [2.24, 2.45) is 9.98 Å². The Labute approximate surface area is 212 Å². The van der Waals surface area contributed by atoms with Crippen molar-refractivity contribution in [3.05, 3.63) is 72.3 Å². The standard InChI is InChI=1S/C30H42N2.Ni/c1-3-5-7-8-9-10-11-12-13-15-20-27-21-18-19-25-30(27)31-26-29(22-6-4-2)32-28-23-16-14-17-24-28;/h12-14,16-19,21,23-26H,3-11,15,20,22H2,1-2H3;/b13-12+,31-26+,32-29+;. The van der Waals surface area contributed by atoms with Crippen LogP contribution in [0.15, 0.2) is 76.7 Å². The van der Waals surface area contributed by atoms with Crippen LogP contribution in [0.2, 0.25) is 0 Å². The summed E-state index contributed by atoms with van der Waals surface area (Å²) in [7, 11) is 0. The van der Waals surface area contributed by atoms with Crippen LogP contribution in [-0.2, 0) is 22.9 Å². The molecule has 0 saturated carbocycles. The van der Waals surface area contributed by atoms with E-state index in [1.54, 1.807) is 0 Å². The number of benzene rings is 2. The Hall–Kier alpha value is -1.99. The number of unbranched alkanes of at least 4 members (excludes halogenated alkanes) is 7. The molecule has 0 fully saturated rings. The molecule has 0 amide bonds. The van der Waals surface area contributed by atoms with E-state index < -0.39 is 0 Å². The summed E-state index contributed by atoms with van der Waals surface area (Å²) in [5.74, 6) is 0. The zero-order chi connectivity index (χ0) is 22.7. The van der Waals surface area contributed by atoms with Crippen molar-refractivity contribution < 1.29 is 16.5 Å². The van der Waals surface area contributed by atoms with Crippen LogP contribution in [0, 0.1) is 0 Å². The van der Waals surface area contributed by atoms with Crippen molar-refractivity contribution in [3.8, 4) is 0 Å². The molecule has 33 heavy (non-hydrogen) atoms. The predicted molar refractivity (Wildman–Crippen MR) is 143 cm³/mol. The number of hydrogen-bond acceptors (Lipinski definition) is 2. The van der Waals surface area contributed by atoms with Crippen LogP contribution in [0.5, 0.6) is 0 Å². The van der Waals surface area contributed by atoms with Gasteiger partial charge in [0, 0.05) is 22.7 Å². The molecule has 0 aliphatic heterocycles. The summed E-state index contributed by atoms with van der Waals surface area (Å²) in [5, 5.41) is 0. The van der Waals surface area contributed by atoms with Crippen LogP contribution in [0.3, 0.4) is 0 Å². The summed E-state index contributed by atoms with van der Waals surface area (Å²) in [6.45, 7) is 4.49. The summed E-state index contributed by atoms with van der Waals surface area (Å²) in [5.41, 5.74) is 4.41. The molecule has 0 aliphatic rings. The van der Waals surface area contributed by atoms with Gasteiger partial charge in [0.15, 0.2) is 0 Å². The third kappa shape index (κ3) is 13.3. The van der Waals surface area contributed by atoms with Crippen LogP contribution >= 0.6 is 0 Å². The first-order valence-electron chi connectivity index (χ1n) is 12.7. The van der Waals surface area contributed by atoms with Gasteiger partial charge >= 0.3 is 0 Å². The molecule has 0 bridgehead atoms. The van der Waals surface area contributed by atoms with E-state index in [1.165, 1.54) is 50.5 Å². The fourth-order valence-corrected chi connectivity index (χ4v) is 3.68. The van der Waals surface area contributed by atoms with Gasteiger partial charge in [-0.05, 0) is 62.3 Å².